The lowest BCUT2D eigenvalue weighted by Crippen LogP contribution is -2.53. The van der Waals surface area contributed by atoms with E-state index < -0.39 is 23.6 Å². The fourth-order valence-electron chi connectivity index (χ4n) is 2.00. The summed E-state index contributed by atoms with van der Waals surface area (Å²) in [7, 11) is 1.87. The maximum absolute atomic E-state index is 11.6. The molecule has 0 saturated carbocycles. The van der Waals surface area contributed by atoms with E-state index in [-0.39, 0.29) is 6.04 Å². The number of hydrogen-bond acceptors (Lipinski definition) is 4. The number of aliphatic carboxylic acids is 1. The number of piperidine rings is 1. The average Bonchev–Trinajstić information content (AvgIpc) is 2.17. The first-order chi connectivity index (χ1) is 8.19. The lowest BCUT2D eigenvalue weighted by Gasteiger charge is -2.35. The topological polar surface area (TPSA) is 78.9 Å². The van der Waals surface area contributed by atoms with Crippen molar-refractivity contribution in [3.63, 3.8) is 0 Å². The second kappa shape index (κ2) is 5.56. The van der Waals surface area contributed by atoms with E-state index in [4.69, 9.17) is 9.84 Å². The number of alkyl carbamates (subject to hydrolysis) is 1. The van der Waals surface area contributed by atoms with E-state index in [0.717, 1.165) is 6.54 Å². The third-order valence-electron chi connectivity index (χ3n) is 2.84. The zero-order chi connectivity index (χ0) is 13.9. The summed E-state index contributed by atoms with van der Waals surface area (Å²) in [6.45, 7) is 6.53. The van der Waals surface area contributed by atoms with Crippen molar-refractivity contribution in [2.24, 2.45) is 5.92 Å². The van der Waals surface area contributed by atoms with Crippen LogP contribution in [-0.4, -0.2) is 53.8 Å². The van der Waals surface area contributed by atoms with Gasteiger partial charge in [-0.25, -0.2) is 4.79 Å². The van der Waals surface area contributed by atoms with Crippen LogP contribution in [0.5, 0.6) is 0 Å². The predicted molar refractivity (Wildman–Crippen MR) is 66.4 cm³/mol. The van der Waals surface area contributed by atoms with Crippen LogP contribution in [-0.2, 0) is 9.53 Å². The van der Waals surface area contributed by atoms with Crippen molar-refractivity contribution in [1.29, 1.82) is 0 Å². The molecule has 0 aromatic rings. The Morgan fingerprint density at radius 1 is 1.39 bits per heavy atom. The van der Waals surface area contributed by atoms with Crippen LogP contribution in [0, 0.1) is 5.92 Å². The molecule has 0 aromatic heterocycles. The van der Waals surface area contributed by atoms with Crippen LogP contribution in [0.2, 0.25) is 0 Å². The van der Waals surface area contributed by atoms with Gasteiger partial charge in [0.25, 0.3) is 0 Å². The van der Waals surface area contributed by atoms with Gasteiger partial charge in [-0.05, 0) is 40.8 Å². The van der Waals surface area contributed by atoms with E-state index >= 15 is 0 Å². The molecule has 1 saturated heterocycles. The third kappa shape index (κ3) is 4.52. The summed E-state index contributed by atoms with van der Waals surface area (Å²) in [6.07, 6.45) is 0.0653. The summed E-state index contributed by atoms with van der Waals surface area (Å²) >= 11 is 0. The van der Waals surface area contributed by atoms with Gasteiger partial charge >= 0.3 is 12.1 Å². The van der Waals surface area contributed by atoms with E-state index in [2.05, 4.69) is 5.32 Å². The van der Waals surface area contributed by atoms with Crippen LogP contribution in [0.4, 0.5) is 4.79 Å². The first-order valence-electron chi connectivity index (χ1n) is 6.10. The van der Waals surface area contributed by atoms with Gasteiger partial charge in [0.15, 0.2) is 0 Å². The minimum Gasteiger partial charge on any atom is -0.481 e. The summed E-state index contributed by atoms with van der Waals surface area (Å²) < 4.78 is 5.14. The van der Waals surface area contributed by atoms with Gasteiger partial charge in [-0.15, -0.1) is 0 Å². The molecule has 0 aromatic carbocycles. The van der Waals surface area contributed by atoms with Gasteiger partial charge in [-0.2, -0.15) is 0 Å². The number of ether oxygens (including phenoxy) is 1. The number of carbonyl (C=O) groups excluding carboxylic acids is 1. The van der Waals surface area contributed by atoms with E-state index in [1.807, 2.05) is 11.9 Å². The normalized spacial score (nSPS) is 25.6. The Morgan fingerprint density at radius 2 is 2.00 bits per heavy atom. The molecule has 0 unspecified atom stereocenters. The van der Waals surface area contributed by atoms with Crippen molar-refractivity contribution in [3.8, 4) is 0 Å². The Bertz CT molecular complexity index is 325. The molecule has 18 heavy (non-hydrogen) atoms. The molecular formula is C12H22N2O4. The number of hydrogen-bond donors (Lipinski definition) is 2. The number of likely N-dealkylation sites (tertiary alicyclic amines) is 1. The van der Waals surface area contributed by atoms with Crippen LogP contribution < -0.4 is 5.32 Å². The molecule has 0 spiro atoms. The molecule has 2 N–H and O–H groups in total. The number of carbonyl (C=O) groups is 2. The van der Waals surface area contributed by atoms with Gasteiger partial charge in [0, 0.05) is 12.6 Å². The van der Waals surface area contributed by atoms with Crippen molar-refractivity contribution < 1.29 is 19.4 Å². The molecule has 6 heteroatoms. The Balaban J connectivity index is 2.59. The second-order valence-corrected chi connectivity index (χ2v) is 5.75. The number of nitrogens with one attached hydrogen (secondary N) is 1. The molecular weight excluding hydrogens is 236 g/mol. The quantitative estimate of drug-likeness (QED) is 0.770. The average molecular weight is 258 g/mol. The molecule has 6 nitrogen and oxygen atoms in total. The minimum absolute atomic E-state index is 0.367. The van der Waals surface area contributed by atoms with E-state index in [1.54, 1.807) is 20.8 Å². The third-order valence-corrected chi connectivity index (χ3v) is 2.84. The number of amides is 1. The van der Waals surface area contributed by atoms with Crippen molar-refractivity contribution in [2.75, 3.05) is 20.1 Å². The highest BCUT2D eigenvalue weighted by atomic mass is 16.6. The van der Waals surface area contributed by atoms with Gasteiger partial charge in [0.05, 0.1) is 5.92 Å². The van der Waals surface area contributed by atoms with Crippen LogP contribution in [0.1, 0.15) is 27.2 Å². The fourth-order valence-corrected chi connectivity index (χ4v) is 2.00. The van der Waals surface area contributed by atoms with Crippen molar-refractivity contribution in [1.82, 2.24) is 10.2 Å². The standard InChI is InChI=1S/C12H22N2O4/c1-12(2,3)18-11(17)13-9-5-6-14(4)7-8(9)10(15)16/h8-9H,5-7H2,1-4H3,(H,13,17)(H,15,16)/t8-,9+/m0/s1. The van der Waals surface area contributed by atoms with Gasteiger partial charge in [0.1, 0.15) is 5.60 Å². The Kier molecular flexibility index (Phi) is 4.56. The predicted octanol–water partition coefficient (Wildman–Crippen LogP) is 0.916. The maximum atomic E-state index is 11.6. The summed E-state index contributed by atoms with van der Waals surface area (Å²) in [5.74, 6) is -1.47. The number of carboxylic acid groups (broad SMARTS) is 1. The lowest BCUT2D eigenvalue weighted by atomic mass is 9.92. The number of carboxylic acids is 1. The van der Waals surface area contributed by atoms with E-state index in [0.29, 0.717) is 13.0 Å². The van der Waals surface area contributed by atoms with Crippen LogP contribution in [0.25, 0.3) is 0 Å². The lowest BCUT2D eigenvalue weighted by molar-refractivity contribution is -0.144. The molecule has 1 heterocycles. The van der Waals surface area contributed by atoms with E-state index in [9.17, 15) is 9.59 Å². The first-order valence-corrected chi connectivity index (χ1v) is 6.10. The molecule has 0 radical (unpaired) electrons. The van der Waals surface area contributed by atoms with Crippen molar-refractivity contribution in [3.05, 3.63) is 0 Å². The Labute approximate surface area is 107 Å². The summed E-state index contributed by atoms with van der Waals surface area (Å²) in [6, 6.07) is -0.367. The molecule has 1 rings (SSSR count). The highest BCUT2D eigenvalue weighted by Gasteiger charge is 2.34. The largest absolute Gasteiger partial charge is 0.481 e. The van der Waals surface area contributed by atoms with Gasteiger partial charge in [-0.1, -0.05) is 0 Å². The molecule has 1 amide bonds. The van der Waals surface area contributed by atoms with Gasteiger partial charge in [-0.3, -0.25) is 4.79 Å². The van der Waals surface area contributed by atoms with Crippen LogP contribution in [0.3, 0.4) is 0 Å². The number of rotatable bonds is 2. The van der Waals surface area contributed by atoms with Gasteiger partial charge < -0.3 is 20.1 Å². The first kappa shape index (κ1) is 14.8. The number of nitrogens with zero attached hydrogens (tertiary/aromatic N) is 1. The van der Waals surface area contributed by atoms with E-state index in [1.165, 1.54) is 0 Å². The second-order valence-electron chi connectivity index (χ2n) is 5.75. The zero-order valence-electron chi connectivity index (χ0n) is 11.4. The van der Waals surface area contributed by atoms with Gasteiger partial charge in [0.2, 0.25) is 0 Å². The SMILES string of the molecule is CN1CC[C@@H](NC(=O)OC(C)(C)C)[C@@H](C(=O)O)C1. The Hall–Kier alpha value is -1.30. The molecule has 0 aliphatic carbocycles. The fraction of sp³-hybridized carbons (Fsp3) is 0.833. The molecule has 104 valence electrons. The highest BCUT2D eigenvalue weighted by molar-refractivity contribution is 5.74. The van der Waals surface area contributed by atoms with Crippen molar-refractivity contribution >= 4 is 12.1 Å². The highest BCUT2D eigenvalue weighted by Crippen LogP contribution is 2.17. The summed E-state index contributed by atoms with van der Waals surface area (Å²) in [5.41, 5.74) is -0.575. The van der Waals surface area contributed by atoms with Crippen LogP contribution >= 0.6 is 0 Å². The monoisotopic (exact) mass is 258 g/mol. The minimum atomic E-state index is -0.886. The Morgan fingerprint density at radius 3 is 2.50 bits per heavy atom. The smallest absolute Gasteiger partial charge is 0.407 e. The summed E-state index contributed by atoms with van der Waals surface area (Å²) in [5, 5.41) is 11.8. The molecule has 2 atom stereocenters. The summed E-state index contributed by atoms with van der Waals surface area (Å²) in [4.78, 5) is 24.7. The van der Waals surface area contributed by atoms with Crippen molar-refractivity contribution in [2.45, 2.75) is 38.8 Å². The molecule has 1 fully saturated rings. The molecule has 1 aliphatic rings. The maximum Gasteiger partial charge on any atom is 0.407 e. The zero-order valence-corrected chi connectivity index (χ0v) is 11.4. The molecule has 0 bridgehead atoms. The van der Waals surface area contributed by atoms with Crippen LogP contribution in [0.15, 0.2) is 0 Å². The molecule has 1 aliphatic heterocycles.